The molecule has 0 radical (unpaired) electrons. The van der Waals surface area contributed by atoms with Crippen LogP contribution in [0.15, 0.2) is 30.3 Å². The quantitative estimate of drug-likeness (QED) is 0.665. The Morgan fingerprint density at radius 2 is 1.86 bits per heavy atom. The van der Waals surface area contributed by atoms with Gasteiger partial charge in [0, 0.05) is 5.56 Å². The van der Waals surface area contributed by atoms with Crippen molar-refractivity contribution in [2.45, 2.75) is 13.8 Å². The average Bonchev–Trinajstić information content (AvgIpc) is 2.90. The standard InChI is InChI=1S/C16H12Cl2N2OS/c1-8-3-4-9(2)10(7-8)15(21)20-16-19-13-11(17)5-6-12(18)14(13)22-16/h3-7H,1-2H3,(H,19,20,21). The summed E-state index contributed by atoms with van der Waals surface area (Å²) in [5, 5.41) is 4.39. The first-order chi connectivity index (χ1) is 10.5. The third-order valence-electron chi connectivity index (χ3n) is 3.30. The minimum atomic E-state index is -0.187. The van der Waals surface area contributed by atoms with Gasteiger partial charge in [0.25, 0.3) is 5.91 Å². The number of hydrogen-bond donors (Lipinski definition) is 1. The normalized spacial score (nSPS) is 10.9. The van der Waals surface area contributed by atoms with Crippen LogP contribution in [0.2, 0.25) is 10.0 Å². The lowest BCUT2D eigenvalue weighted by Gasteiger charge is -2.06. The fourth-order valence-corrected chi connectivity index (χ4v) is 3.56. The van der Waals surface area contributed by atoms with Crippen LogP contribution in [0.25, 0.3) is 10.2 Å². The summed E-state index contributed by atoms with van der Waals surface area (Å²) in [6.45, 7) is 3.86. The van der Waals surface area contributed by atoms with Crippen LogP contribution in [0.4, 0.5) is 5.13 Å². The summed E-state index contributed by atoms with van der Waals surface area (Å²) in [5.41, 5.74) is 3.19. The molecular weight excluding hydrogens is 339 g/mol. The van der Waals surface area contributed by atoms with Gasteiger partial charge in [0.15, 0.2) is 5.13 Å². The van der Waals surface area contributed by atoms with Crippen molar-refractivity contribution in [1.82, 2.24) is 4.98 Å². The SMILES string of the molecule is Cc1ccc(C)c(C(=O)Nc2nc3c(Cl)ccc(Cl)c3s2)c1. The maximum absolute atomic E-state index is 12.4. The molecule has 22 heavy (non-hydrogen) atoms. The summed E-state index contributed by atoms with van der Waals surface area (Å²) < 4.78 is 0.769. The van der Waals surface area contributed by atoms with Crippen LogP contribution < -0.4 is 5.32 Å². The fourth-order valence-electron chi connectivity index (χ4n) is 2.14. The zero-order valence-corrected chi connectivity index (χ0v) is 14.2. The fraction of sp³-hybridized carbons (Fsp3) is 0.125. The van der Waals surface area contributed by atoms with E-state index >= 15 is 0 Å². The number of anilines is 1. The number of benzene rings is 2. The molecule has 0 aliphatic carbocycles. The lowest BCUT2D eigenvalue weighted by Crippen LogP contribution is -2.13. The predicted molar refractivity (Wildman–Crippen MR) is 93.5 cm³/mol. The smallest absolute Gasteiger partial charge is 0.257 e. The van der Waals surface area contributed by atoms with Crippen molar-refractivity contribution < 1.29 is 4.79 Å². The largest absolute Gasteiger partial charge is 0.298 e. The van der Waals surface area contributed by atoms with Crippen LogP contribution in [-0.2, 0) is 0 Å². The summed E-state index contributed by atoms with van der Waals surface area (Å²) in [4.78, 5) is 16.8. The van der Waals surface area contributed by atoms with Gasteiger partial charge in [0.05, 0.1) is 14.7 Å². The molecule has 3 aromatic rings. The molecule has 0 saturated carbocycles. The molecule has 1 N–H and O–H groups in total. The lowest BCUT2D eigenvalue weighted by atomic mass is 10.1. The molecule has 3 rings (SSSR count). The third-order valence-corrected chi connectivity index (χ3v) is 5.04. The molecule has 2 aromatic carbocycles. The van der Waals surface area contributed by atoms with Crippen LogP contribution in [0.1, 0.15) is 21.5 Å². The van der Waals surface area contributed by atoms with Crippen LogP contribution in [0.3, 0.4) is 0 Å². The number of carbonyl (C=O) groups excluding carboxylic acids is 1. The average molecular weight is 351 g/mol. The maximum Gasteiger partial charge on any atom is 0.257 e. The van der Waals surface area contributed by atoms with Gasteiger partial charge in [0.1, 0.15) is 5.52 Å². The topological polar surface area (TPSA) is 42.0 Å². The lowest BCUT2D eigenvalue weighted by molar-refractivity contribution is 0.102. The Bertz CT molecular complexity index is 850. The van der Waals surface area contributed by atoms with Crippen molar-refractivity contribution in [1.29, 1.82) is 0 Å². The van der Waals surface area contributed by atoms with Gasteiger partial charge in [-0.15, -0.1) is 0 Å². The third kappa shape index (κ3) is 2.82. The van der Waals surface area contributed by atoms with E-state index in [4.69, 9.17) is 23.2 Å². The highest BCUT2D eigenvalue weighted by atomic mass is 35.5. The molecule has 3 nitrogen and oxygen atoms in total. The molecule has 0 bridgehead atoms. The number of halogens is 2. The monoisotopic (exact) mass is 350 g/mol. The summed E-state index contributed by atoms with van der Waals surface area (Å²) in [6.07, 6.45) is 0. The highest BCUT2D eigenvalue weighted by Crippen LogP contribution is 2.36. The Hall–Kier alpha value is -1.62. The first kappa shape index (κ1) is 15.3. The summed E-state index contributed by atoms with van der Waals surface area (Å²) in [5.74, 6) is -0.187. The second kappa shape index (κ2) is 5.88. The van der Waals surface area contributed by atoms with Gasteiger partial charge in [-0.05, 0) is 37.6 Å². The van der Waals surface area contributed by atoms with Crippen molar-refractivity contribution in [3.63, 3.8) is 0 Å². The van der Waals surface area contributed by atoms with Gasteiger partial charge in [-0.1, -0.05) is 52.2 Å². The van der Waals surface area contributed by atoms with Gasteiger partial charge in [-0.25, -0.2) is 4.98 Å². The minimum absolute atomic E-state index is 0.187. The van der Waals surface area contributed by atoms with Crippen molar-refractivity contribution in [3.8, 4) is 0 Å². The number of carbonyl (C=O) groups is 1. The van der Waals surface area contributed by atoms with Crippen LogP contribution in [0.5, 0.6) is 0 Å². The zero-order valence-electron chi connectivity index (χ0n) is 11.9. The number of aryl methyl sites for hydroxylation is 2. The van der Waals surface area contributed by atoms with E-state index in [-0.39, 0.29) is 5.91 Å². The van der Waals surface area contributed by atoms with E-state index in [2.05, 4.69) is 10.3 Å². The Morgan fingerprint density at radius 3 is 2.59 bits per heavy atom. The molecule has 0 aliphatic rings. The van der Waals surface area contributed by atoms with Gasteiger partial charge >= 0.3 is 0 Å². The molecule has 0 saturated heterocycles. The maximum atomic E-state index is 12.4. The van der Waals surface area contributed by atoms with Crippen LogP contribution in [0, 0.1) is 13.8 Å². The van der Waals surface area contributed by atoms with Gasteiger partial charge < -0.3 is 0 Å². The molecule has 1 amide bonds. The minimum Gasteiger partial charge on any atom is -0.298 e. The Labute approximate surface area is 141 Å². The van der Waals surface area contributed by atoms with Crippen molar-refractivity contribution >= 4 is 55.8 Å². The zero-order chi connectivity index (χ0) is 15.9. The Balaban J connectivity index is 1.96. The molecule has 1 aromatic heterocycles. The first-order valence-corrected chi connectivity index (χ1v) is 8.16. The van der Waals surface area contributed by atoms with Crippen molar-refractivity contribution in [3.05, 3.63) is 57.1 Å². The summed E-state index contributed by atoms with van der Waals surface area (Å²) in [6, 6.07) is 9.18. The van der Waals surface area contributed by atoms with Crippen molar-refractivity contribution in [2.24, 2.45) is 0 Å². The van der Waals surface area contributed by atoms with Gasteiger partial charge in [0.2, 0.25) is 0 Å². The highest BCUT2D eigenvalue weighted by molar-refractivity contribution is 7.23. The molecular formula is C16H12Cl2N2OS. The highest BCUT2D eigenvalue weighted by Gasteiger charge is 2.15. The van der Waals surface area contributed by atoms with E-state index in [0.29, 0.717) is 26.3 Å². The summed E-state index contributed by atoms with van der Waals surface area (Å²) >= 11 is 13.6. The van der Waals surface area contributed by atoms with Crippen LogP contribution in [-0.4, -0.2) is 10.9 Å². The first-order valence-electron chi connectivity index (χ1n) is 6.59. The molecule has 112 valence electrons. The molecule has 0 aliphatic heterocycles. The van der Waals surface area contributed by atoms with E-state index < -0.39 is 0 Å². The predicted octanol–water partition coefficient (Wildman–Crippen LogP) is 5.47. The molecule has 0 unspecified atom stereocenters. The van der Waals surface area contributed by atoms with Gasteiger partial charge in [-0.2, -0.15) is 0 Å². The van der Waals surface area contributed by atoms with E-state index in [1.54, 1.807) is 12.1 Å². The Morgan fingerprint density at radius 1 is 1.14 bits per heavy atom. The molecule has 6 heteroatoms. The molecule has 0 atom stereocenters. The van der Waals surface area contributed by atoms with E-state index in [0.717, 1.165) is 15.8 Å². The second-order valence-electron chi connectivity index (χ2n) is 5.00. The summed E-state index contributed by atoms with van der Waals surface area (Å²) in [7, 11) is 0. The van der Waals surface area contributed by atoms with Crippen LogP contribution >= 0.6 is 34.5 Å². The Kier molecular flexibility index (Phi) is 4.08. The number of amides is 1. The number of fused-ring (bicyclic) bond motifs is 1. The number of thiazole rings is 1. The van der Waals surface area contributed by atoms with Gasteiger partial charge in [-0.3, -0.25) is 10.1 Å². The van der Waals surface area contributed by atoms with E-state index in [9.17, 15) is 4.79 Å². The number of hydrogen-bond acceptors (Lipinski definition) is 3. The number of nitrogens with one attached hydrogen (secondary N) is 1. The molecule has 1 heterocycles. The second-order valence-corrected chi connectivity index (χ2v) is 6.81. The molecule has 0 fully saturated rings. The van der Waals surface area contributed by atoms with E-state index in [1.165, 1.54) is 11.3 Å². The number of rotatable bonds is 2. The van der Waals surface area contributed by atoms with Crippen molar-refractivity contribution in [2.75, 3.05) is 5.32 Å². The molecule has 0 spiro atoms. The van der Waals surface area contributed by atoms with E-state index in [1.807, 2.05) is 32.0 Å². The number of nitrogens with zero attached hydrogens (tertiary/aromatic N) is 1. The number of aromatic nitrogens is 1.